The van der Waals surface area contributed by atoms with E-state index >= 15 is 0 Å². The van der Waals surface area contributed by atoms with Crippen LogP contribution in [0, 0.1) is 6.92 Å². The fourth-order valence-electron chi connectivity index (χ4n) is 3.87. The number of para-hydroxylation sites is 2. The molecule has 3 rings (SSSR count). The van der Waals surface area contributed by atoms with Crippen LogP contribution >= 0.6 is 0 Å². The van der Waals surface area contributed by atoms with Crippen LogP contribution in [0.1, 0.15) is 73.6 Å². The molecule has 4 nitrogen and oxygen atoms in total. The quantitative estimate of drug-likeness (QED) is 0.372. The van der Waals surface area contributed by atoms with Gasteiger partial charge in [-0.2, -0.15) is 0 Å². The third-order valence-corrected chi connectivity index (χ3v) is 5.65. The van der Waals surface area contributed by atoms with E-state index in [4.69, 9.17) is 4.98 Å². The van der Waals surface area contributed by atoms with Crippen LogP contribution in [0.4, 0.5) is 0 Å². The molecular weight excluding hydrogens is 370 g/mol. The number of aromatic nitrogens is 2. The maximum absolute atomic E-state index is 12.3. The number of rotatable bonds is 12. The maximum Gasteiger partial charge on any atom is 0.251 e. The van der Waals surface area contributed by atoms with E-state index in [2.05, 4.69) is 41.1 Å². The Morgan fingerprint density at radius 2 is 1.67 bits per heavy atom. The minimum Gasteiger partial charge on any atom is -0.352 e. The lowest BCUT2D eigenvalue weighted by Crippen LogP contribution is -2.25. The van der Waals surface area contributed by atoms with Gasteiger partial charge in [-0.1, -0.05) is 68.9 Å². The van der Waals surface area contributed by atoms with Crippen LogP contribution in [0.2, 0.25) is 0 Å². The van der Waals surface area contributed by atoms with E-state index in [-0.39, 0.29) is 5.91 Å². The molecule has 1 heterocycles. The predicted molar refractivity (Wildman–Crippen MR) is 125 cm³/mol. The summed E-state index contributed by atoms with van der Waals surface area (Å²) < 4.78 is 2.39. The molecular formula is C26H35N3O. The summed E-state index contributed by atoms with van der Waals surface area (Å²) in [6, 6.07) is 16.1. The minimum absolute atomic E-state index is 0.00409. The Labute approximate surface area is 180 Å². The Morgan fingerprint density at radius 1 is 0.933 bits per heavy atom. The van der Waals surface area contributed by atoms with Crippen LogP contribution < -0.4 is 5.32 Å². The summed E-state index contributed by atoms with van der Waals surface area (Å²) in [5, 5.41) is 3.04. The molecule has 0 saturated carbocycles. The molecule has 0 aliphatic rings. The first kappa shape index (κ1) is 22.1. The van der Waals surface area contributed by atoms with E-state index in [0.29, 0.717) is 6.54 Å². The average Bonchev–Trinajstić information content (AvgIpc) is 3.11. The number of nitrogens with zero attached hydrogens (tertiary/aromatic N) is 2. The molecule has 160 valence electrons. The van der Waals surface area contributed by atoms with Gasteiger partial charge in [0.2, 0.25) is 0 Å². The van der Waals surface area contributed by atoms with Crippen molar-refractivity contribution in [2.75, 3.05) is 6.54 Å². The number of unbranched alkanes of at least 4 members (excludes halogenated alkanes) is 5. The van der Waals surface area contributed by atoms with Gasteiger partial charge < -0.3 is 9.88 Å². The van der Waals surface area contributed by atoms with Gasteiger partial charge in [0.1, 0.15) is 5.82 Å². The lowest BCUT2D eigenvalue weighted by Gasteiger charge is -2.10. The van der Waals surface area contributed by atoms with Gasteiger partial charge in [-0.15, -0.1) is 0 Å². The van der Waals surface area contributed by atoms with Crippen molar-refractivity contribution >= 4 is 16.9 Å². The highest BCUT2D eigenvalue weighted by atomic mass is 16.1. The molecule has 4 heteroatoms. The third kappa shape index (κ3) is 6.19. The number of aryl methyl sites for hydroxylation is 3. The van der Waals surface area contributed by atoms with E-state index in [1.54, 1.807) is 0 Å². The Bertz CT molecular complexity index is 927. The zero-order valence-corrected chi connectivity index (χ0v) is 18.5. The lowest BCUT2D eigenvalue weighted by atomic mass is 10.1. The zero-order chi connectivity index (χ0) is 21.2. The van der Waals surface area contributed by atoms with Gasteiger partial charge in [0.25, 0.3) is 5.91 Å². The first-order valence-corrected chi connectivity index (χ1v) is 11.5. The number of carbonyl (C=O) groups is 1. The molecule has 0 fully saturated rings. The van der Waals surface area contributed by atoms with Gasteiger partial charge in [-0.3, -0.25) is 4.79 Å². The van der Waals surface area contributed by atoms with Gasteiger partial charge in [-0.25, -0.2) is 4.98 Å². The standard InChI is InChI=1S/C26H35N3O/c1-3-4-5-6-7-10-20-29-24-13-9-8-12-23(24)28-25(29)14-11-19-27-26(30)22-17-15-21(2)16-18-22/h8-9,12-13,15-18H,3-7,10-11,14,19-20H2,1-2H3,(H,27,30). The number of imidazole rings is 1. The van der Waals surface area contributed by atoms with Crippen molar-refractivity contribution in [3.63, 3.8) is 0 Å². The van der Waals surface area contributed by atoms with Gasteiger partial charge in [0, 0.05) is 25.1 Å². The van der Waals surface area contributed by atoms with E-state index in [1.807, 2.05) is 31.2 Å². The number of carbonyl (C=O) groups excluding carboxylic acids is 1. The summed E-state index contributed by atoms with van der Waals surface area (Å²) in [7, 11) is 0. The van der Waals surface area contributed by atoms with Crippen LogP contribution in [0.25, 0.3) is 11.0 Å². The van der Waals surface area contributed by atoms with Crippen LogP contribution in [0.5, 0.6) is 0 Å². The fraction of sp³-hybridized carbons (Fsp3) is 0.462. The molecule has 0 atom stereocenters. The van der Waals surface area contributed by atoms with Gasteiger partial charge in [0.15, 0.2) is 0 Å². The number of hydrogen-bond donors (Lipinski definition) is 1. The van der Waals surface area contributed by atoms with Crippen LogP contribution in [-0.2, 0) is 13.0 Å². The van der Waals surface area contributed by atoms with Crippen molar-refractivity contribution in [3.05, 3.63) is 65.5 Å². The van der Waals surface area contributed by atoms with Crippen molar-refractivity contribution in [1.29, 1.82) is 0 Å². The number of benzene rings is 2. The number of fused-ring (bicyclic) bond motifs is 1. The topological polar surface area (TPSA) is 46.9 Å². The SMILES string of the molecule is CCCCCCCCn1c(CCCNC(=O)c2ccc(C)cc2)nc2ccccc21. The molecule has 0 saturated heterocycles. The molecule has 2 aromatic carbocycles. The Hall–Kier alpha value is -2.62. The number of nitrogens with one attached hydrogen (secondary N) is 1. The fourth-order valence-corrected chi connectivity index (χ4v) is 3.87. The molecule has 0 bridgehead atoms. The second-order valence-electron chi connectivity index (χ2n) is 8.16. The monoisotopic (exact) mass is 405 g/mol. The normalized spacial score (nSPS) is 11.1. The molecule has 0 aliphatic heterocycles. The Balaban J connectivity index is 1.53. The highest BCUT2D eigenvalue weighted by Crippen LogP contribution is 2.18. The van der Waals surface area contributed by atoms with Gasteiger partial charge in [-0.05, 0) is 44.0 Å². The molecule has 0 unspecified atom stereocenters. The summed E-state index contributed by atoms with van der Waals surface area (Å²) in [4.78, 5) is 17.2. The highest BCUT2D eigenvalue weighted by molar-refractivity contribution is 5.94. The van der Waals surface area contributed by atoms with Gasteiger partial charge in [0.05, 0.1) is 11.0 Å². The van der Waals surface area contributed by atoms with Crippen molar-refractivity contribution in [2.45, 2.75) is 71.8 Å². The summed E-state index contributed by atoms with van der Waals surface area (Å²) in [6.07, 6.45) is 9.52. The van der Waals surface area contributed by atoms with Crippen LogP contribution in [0.3, 0.4) is 0 Å². The molecule has 0 spiro atoms. The van der Waals surface area contributed by atoms with Crippen molar-refractivity contribution in [2.24, 2.45) is 0 Å². The second kappa shape index (κ2) is 11.5. The number of hydrogen-bond acceptors (Lipinski definition) is 2. The molecule has 1 amide bonds. The minimum atomic E-state index is -0.00409. The summed E-state index contributed by atoms with van der Waals surface area (Å²) in [5.74, 6) is 1.13. The smallest absolute Gasteiger partial charge is 0.251 e. The number of amides is 1. The van der Waals surface area contributed by atoms with Gasteiger partial charge >= 0.3 is 0 Å². The molecule has 0 aliphatic carbocycles. The predicted octanol–water partition coefficient (Wildman–Crippen LogP) is 6.07. The largest absolute Gasteiger partial charge is 0.352 e. The average molecular weight is 406 g/mol. The summed E-state index contributed by atoms with van der Waals surface area (Å²) in [5.41, 5.74) is 4.18. The van der Waals surface area contributed by atoms with Crippen molar-refractivity contribution in [3.8, 4) is 0 Å². The van der Waals surface area contributed by atoms with E-state index in [1.165, 1.54) is 44.0 Å². The Kier molecular flexibility index (Phi) is 8.49. The van der Waals surface area contributed by atoms with Crippen LogP contribution in [-0.4, -0.2) is 22.0 Å². The molecule has 1 aromatic heterocycles. The third-order valence-electron chi connectivity index (χ3n) is 5.65. The first-order chi connectivity index (χ1) is 14.7. The molecule has 3 aromatic rings. The zero-order valence-electron chi connectivity index (χ0n) is 18.5. The van der Waals surface area contributed by atoms with E-state index in [9.17, 15) is 4.79 Å². The summed E-state index contributed by atoms with van der Waals surface area (Å²) >= 11 is 0. The Morgan fingerprint density at radius 3 is 2.47 bits per heavy atom. The van der Waals surface area contributed by atoms with E-state index < -0.39 is 0 Å². The van der Waals surface area contributed by atoms with E-state index in [0.717, 1.165) is 41.9 Å². The van der Waals surface area contributed by atoms with Crippen molar-refractivity contribution in [1.82, 2.24) is 14.9 Å². The first-order valence-electron chi connectivity index (χ1n) is 11.5. The molecule has 1 N–H and O–H groups in total. The molecule has 30 heavy (non-hydrogen) atoms. The molecule has 0 radical (unpaired) electrons. The summed E-state index contributed by atoms with van der Waals surface area (Å²) in [6.45, 7) is 5.97. The lowest BCUT2D eigenvalue weighted by molar-refractivity contribution is 0.0953. The second-order valence-corrected chi connectivity index (χ2v) is 8.16. The maximum atomic E-state index is 12.3. The van der Waals surface area contributed by atoms with Crippen LogP contribution in [0.15, 0.2) is 48.5 Å². The van der Waals surface area contributed by atoms with Crippen molar-refractivity contribution < 1.29 is 4.79 Å². The highest BCUT2D eigenvalue weighted by Gasteiger charge is 2.10.